The number of benzene rings is 2. The van der Waals surface area contributed by atoms with Gasteiger partial charge >= 0.3 is 11.8 Å². The summed E-state index contributed by atoms with van der Waals surface area (Å²) in [6.45, 7) is 0. The van der Waals surface area contributed by atoms with Crippen molar-refractivity contribution in [2.45, 2.75) is 0 Å². The average Bonchev–Trinajstić information content (AvgIpc) is 2.50. The summed E-state index contributed by atoms with van der Waals surface area (Å²) in [5, 5.41) is 24.6. The van der Waals surface area contributed by atoms with Crippen molar-refractivity contribution in [3.8, 4) is 5.75 Å². The molecule has 0 radical (unpaired) electrons. The van der Waals surface area contributed by atoms with E-state index in [-0.39, 0.29) is 22.8 Å². The van der Waals surface area contributed by atoms with Crippen LogP contribution in [0.15, 0.2) is 48.5 Å². The maximum Gasteiger partial charge on any atom is 0.314 e. The van der Waals surface area contributed by atoms with E-state index in [1.165, 1.54) is 36.4 Å². The fraction of sp³-hybridized carbons (Fsp3) is 0. The summed E-state index contributed by atoms with van der Waals surface area (Å²) in [5.74, 6) is -2.10. The molecular weight excluding hydrogens is 290 g/mol. The summed E-state index contributed by atoms with van der Waals surface area (Å²) in [4.78, 5) is 33.3. The number of phenolic OH excluding ortho intramolecular Hbond substituents is 1. The minimum absolute atomic E-state index is 0.103. The van der Waals surface area contributed by atoms with E-state index in [9.17, 15) is 24.8 Å². The van der Waals surface area contributed by atoms with E-state index >= 15 is 0 Å². The molecule has 0 fully saturated rings. The molecule has 8 heteroatoms. The van der Waals surface area contributed by atoms with Gasteiger partial charge in [-0.05, 0) is 24.3 Å². The number of aromatic hydroxyl groups is 1. The summed E-state index contributed by atoms with van der Waals surface area (Å²) in [6.07, 6.45) is 0. The first-order valence-electron chi connectivity index (χ1n) is 6.12. The lowest BCUT2D eigenvalue weighted by molar-refractivity contribution is -0.384. The minimum atomic E-state index is -0.972. The fourth-order valence-electron chi connectivity index (χ4n) is 1.61. The molecule has 8 nitrogen and oxygen atoms in total. The average molecular weight is 301 g/mol. The number of amides is 2. The van der Waals surface area contributed by atoms with Crippen molar-refractivity contribution in [1.82, 2.24) is 0 Å². The normalized spacial score (nSPS) is 9.82. The summed E-state index contributed by atoms with van der Waals surface area (Å²) in [5.41, 5.74) is 0.214. The lowest BCUT2D eigenvalue weighted by atomic mass is 10.2. The van der Waals surface area contributed by atoms with Crippen LogP contribution in [-0.4, -0.2) is 21.8 Å². The summed E-state index contributed by atoms with van der Waals surface area (Å²) in [6, 6.07) is 11.0. The van der Waals surface area contributed by atoms with E-state index in [0.717, 1.165) is 0 Å². The number of anilines is 2. The molecule has 2 rings (SSSR count). The summed E-state index contributed by atoms with van der Waals surface area (Å²) in [7, 11) is 0. The first-order chi connectivity index (χ1) is 10.5. The van der Waals surface area contributed by atoms with E-state index in [1.807, 2.05) is 0 Å². The number of phenols is 1. The molecule has 0 unspecified atom stereocenters. The second kappa shape index (κ2) is 6.35. The molecule has 3 N–H and O–H groups in total. The molecular formula is C14H11N3O5. The Labute approximate surface area is 124 Å². The Hall–Kier alpha value is -3.42. The summed E-state index contributed by atoms with van der Waals surface area (Å²) >= 11 is 0. The van der Waals surface area contributed by atoms with Crippen LogP contribution < -0.4 is 10.6 Å². The largest absolute Gasteiger partial charge is 0.506 e. The van der Waals surface area contributed by atoms with E-state index in [2.05, 4.69) is 10.6 Å². The van der Waals surface area contributed by atoms with Gasteiger partial charge in [0.2, 0.25) is 0 Å². The molecule has 0 aliphatic carbocycles. The lowest BCUT2D eigenvalue weighted by Crippen LogP contribution is -2.29. The topological polar surface area (TPSA) is 122 Å². The van der Waals surface area contributed by atoms with E-state index in [0.29, 0.717) is 0 Å². The van der Waals surface area contributed by atoms with Crippen LogP contribution in [-0.2, 0) is 9.59 Å². The van der Waals surface area contributed by atoms with Crippen LogP contribution in [0.1, 0.15) is 0 Å². The maximum atomic E-state index is 11.7. The highest BCUT2D eigenvalue weighted by molar-refractivity contribution is 6.43. The molecule has 2 amide bonds. The van der Waals surface area contributed by atoms with Crippen LogP contribution in [0.4, 0.5) is 17.1 Å². The van der Waals surface area contributed by atoms with Crippen LogP contribution in [0, 0.1) is 10.1 Å². The molecule has 0 aromatic heterocycles. The van der Waals surface area contributed by atoms with Crippen molar-refractivity contribution in [1.29, 1.82) is 0 Å². The number of carbonyl (C=O) groups excluding carboxylic acids is 2. The molecule has 0 heterocycles. The third-order valence-corrected chi connectivity index (χ3v) is 2.69. The Balaban J connectivity index is 2.01. The maximum absolute atomic E-state index is 11.7. The molecule has 0 bridgehead atoms. The van der Waals surface area contributed by atoms with Gasteiger partial charge in [0.05, 0.1) is 10.6 Å². The fourth-order valence-corrected chi connectivity index (χ4v) is 1.61. The zero-order valence-electron chi connectivity index (χ0n) is 11.1. The number of carbonyl (C=O) groups is 2. The predicted octanol–water partition coefficient (Wildman–Crippen LogP) is 1.88. The van der Waals surface area contributed by atoms with E-state index in [1.54, 1.807) is 12.1 Å². The van der Waals surface area contributed by atoms with Gasteiger partial charge < -0.3 is 15.7 Å². The Morgan fingerprint density at radius 2 is 1.55 bits per heavy atom. The Morgan fingerprint density at radius 3 is 2.14 bits per heavy atom. The minimum Gasteiger partial charge on any atom is -0.506 e. The molecule has 0 atom stereocenters. The van der Waals surface area contributed by atoms with Crippen LogP contribution in [0.3, 0.4) is 0 Å². The highest BCUT2D eigenvalue weighted by Gasteiger charge is 2.16. The van der Waals surface area contributed by atoms with Gasteiger partial charge in [-0.1, -0.05) is 12.1 Å². The second-order valence-electron chi connectivity index (χ2n) is 4.23. The predicted molar refractivity (Wildman–Crippen MR) is 78.5 cm³/mol. The van der Waals surface area contributed by atoms with E-state index in [4.69, 9.17) is 0 Å². The number of hydrogen-bond donors (Lipinski definition) is 3. The first kappa shape index (κ1) is 15.0. The number of para-hydroxylation sites is 2. The standard InChI is InChI=1S/C14H11N3O5/c18-12-4-2-1-3-11(12)16-14(20)13(19)15-9-5-7-10(8-6-9)17(21)22/h1-8,18H,(H,15,19)(H,16,20). The van der Waals surface area contributed by atoms with Crippen LogP contribution in [0.5, 0.6) is 5.75 Å². The van der Waals surface area contributed by atoms with Crippen molar-refractivity contribution >= 4 is 28.9 Å². The third-order valence-electron chi connectivity index (χ3n) is 2.69. The Bertz CT molecular complexity index is 728. The summed E-state index contributed by atoms with van der Waals surface area (Å²) < 4.78 is 0. The highest BCUT2D eigenvalue weighted by atomic mass is 16.6. The smallest absolute Gasteiger partial charge is 0.314 e. The van der Waals surface area contributed by atoms with Crippen molar-refractivity contribution in [2.24, 2.45) is 0 Å². The lowest BCUT2D eigenvalue weighted by Gasteiger charge is -2.07. The quantitative estimate of drug-likeness (QED) is 0.346. The van der Waals surface area contributed by atoms with E-state index < -0.39 is 16.7 Å². The SMILES string of the molecule is O=C(Nc1ccc([N+](=O)[O-])cc1)C(=O)Nc1ccccc1O. The molecule has 0 saturated heterocycles. The number of nitro benzene ring substituents is 1. The van der Waals surface area contributed by atoms with Gasteiger partial charge in [-0.2, -0.15) is 0 Å². The number of nitrogens with zero attached hydrogens (tertiary/aromatic N) is 1. The molecule has 0 aliphatic heterocycles. The van der Waals surface area contributed by atoms with Crippen molar-refractivity contribution < 1.29 is 19.6 Å². The van der Waals surface area contributed by atoms with Gasteiger partial charge in [-0.3, -0.25) is 19.7 Å². The zero-order chi connectivity index (χ0) is 16.1. The number of rotatable bonds is 3. The van der Waals surface area contributed by atoms with Gasteiger partial charge in [0.25, 0.3) is 5.69 Å². The number of nitrogens with one attached hydrogen (secondary N) is 2. The van der Waals surface area contributed by atoms with Gasteiger partial charge in [0, 0.05) is 17.8 Å². The molecule has 0 saturated carbocycles. The first-order valence-corrected chi connectivity index (χ1v) is 6.12. The van der Waals surface area contributed by atoms with Gasteiger partial charge in [0.15, 0.2) is 0 Å². The third kappa shape index (κ3) is 3.57. The van der Waals surface area contributed by atoms with Gasteiger partial charge in [-0.25, -0.2) is 0 Å². The zero-order valence-corrected chi connectivity index (χ0v) is 11.1. The number of hydrogen-bond acceptors (Lipinski definition) is 5. The van der Waals surface area contributed by atoms with Crippen LogP contribution >= 0.6 is 0 Å². The highest BCUT2D eigenvalue weighted by Crippen LogP contribution is 2.21. The van der Waals surface area contributed by atoms with Gasteiger partial charge in [-0.15, -0.1) is 0 Å². The monoisotopic (exact) mass is 301 g/mol. The Morgan fingerprint density at radius 1 is 0.955 bits per heavy atom. The molecule has 112 valence electrons. The molecule has 0 spiro atoms. The molecule has 22 heavy (non-hydrogen) atoms. The Kier molecular flexibility index (Phi) is 4.33. The number of nitro groups is 1. The van der Waals surface area contributed by atoms with Crippen molar-refractivity contribution in [2.75, 3.05) is 10.6 Å². The van der Waals surface area contributed by atoms with Crippen LogP contribution in [0.25, 0.3) is 0 Å². The van der Waals surface area contributed by atoms with Gasteiger partial charge in [0.1, 0.15) is 5.75 Å². The second-order valence-corrected chi connectivity index (χ2v) is 4.23. The molecule has 0 aliphatic rings. The van der Waals surface area contributed by atoms with Crippen molar-refractivity contribution in [3.63, 3.8) is 0 Å². The molecule has 2 aromatic carbocycles. The molecule has 2 aromatic rings. The van der Waals surface area contributed by atoms with Crippen LogP contribution in [0.2, 0.25) is 0 Å². The number of non-ortho nitro benzene ring substituents is 1. The van der Waals surface area contributed by atoms with Crippen molar-refractivity contribution in [3.05, 3.63) is 58.6 Å².